The molecule has 4 heterocycles. The normalized spacial score (nSPS) is 12.8. The molecule has 9 aromatic carbocycles. The highest BCUT2D eigenvalue weighted by Crippen LogP contribution is 2.52. The molecule has 0 saturated heterocycles. The van der Waals surface area contributed by atoms with Crippen LogP contribution in [0.3, 0.4) is 0 Å². The minimum atomic E-state index is 0.344. The molecule has 0 bridgehead atoms. The lowest BCUT2D eigenvalue weighted by Gasteiger charge is -2.23. The largest absolute Gasteiger partial charge is 0.308 e. The van der Waals surface area contributed by atoms with E-state index in [0.29, 0.717) is 11.8 Å². The Kier molecular flexibility index (Phi) is 7.14. The Morgan fingerprint density at radius 3 is 1.03 bits per heavy atom. The lowest BCUT2D eigenvalue weighted by atomic mass is 9.80. The fraction of sp³-hybridized carbons (Fsp3) is 0.167. The van der Waals surface area contributed by atoms with Gasteiger partial charge in [-0.25, -0.2) is 0 Å². The number of hydrogen-bond donors (Lipinski definition) is 0. The maximum atomic E-state index is 2.58. The molecule has 0 aliphatic heterocycles. The Morgan fingerprint density at radius 1 is 0.306 bits per heavy atom. The molecular formula is C60H48N2. The van der Waals surface area contributed by atoms with Crippen LogP contribution in [0.1, 0.15) is 72.9 Å². The average molecular weight is 797 g/mol. The van der Waals surface area contributed by atoms with E-state index in [-0.39, 0.29) is 0 Å². The molecule has 4 aromatic heterocycles. The van der Waals surface area contributed by atoms with Crippen LogP contribution in [0.2, 0.25) is 0 Å². The smallest absolute Gasteiger partial charge is 0.0620 e. The zero-order valence-electron chi connectivity index (χ0n) is 36.8. The summed E-state index contributed by atoms with van der Waals surface area (Å²) in [6, 6.07) is 52.4. The van der Waals surface area contributed by atoms with E-state index < -0.39 is 0 Å². The lowest BCUT2D eigenvalue weighted by Crippen LogP contribution is -1.98. The molecule has 0 fully saturated rings. The van der Waals surface area contributed by atoms with Crippen molar-refractivity contribution in [1.82, 2.24) is 8.80 Å². The first-order chi connectivity index (χ1) is 30.0. The lowest BCUT2D eigenvalue weighted by molar-refractivity contribution is 0.869. The number of benzene rings is 9. The van der Waals surface area contributed by atoms with Gasteiger partial charge in [0, 0.05) is 43.1 Å². The summed E-state index contributed by atoms with van der Waals surface area (Å²) in [5, 5.41) is 15.8. The summed E-state index contributed by atoms with van der Waals surface area (Å²) >= 11 is 0. The Morgan fingerprint density at radius 2 is 0.645 bits per heavy atom. The molecule has 0 atom stereocenters. The van der Waals surface area contributed by atoms with Crippen molar-refractivity contribution in [3.05, 3.63) is 167 Å². The topological polar surface area (TPSA) is 8.82 Å². The molecule has 0 spiro atoms. The maximum absolute atomic E-state index is 2.58. The van der Waals surface area contributed by atoms with E-state index in [1.165, 1.54) is 153 Å². The first-order valence-electron chi connectivity index (χ1n) is 22.5. The summed E-state index contributed by atoms with van der Waals surface area (Å²) in [6.07, 6.45) is 0. The second-order valence-electron chi connectivity index (χ2n) is 19.2. The second-order valence-corrected chi connectivity index (χ2v) is 19.2. The van der Waals surface area contributed by atoms with Gasteiger partial charge in [0.1, 0.15) is 0 Å². The fourth-order valence-electron chi connectivity index (χ4n) is 11.9. The molecule has 0 unspecified atom stereocenters. The molecule has 0 N–H and O–H groups in total. The molecule has 13 rings (SSSR count). The van der Waals surface area contributed by atoms with Crippen LogP contribution in [-0.4, -0.2) is 8.80 Å². The van der Waals surface area contributed by atoms with Gasteiger partial charge in [-0.05, 0) is 178 Å². The van der Waals surface area contributed by atoms with Crippen molar-refractivity contribution >= 4 is 97.7 Å². The maximum Gasteiger partial charge on any atom is 0.0620 e. The highest BCUT2D eigenvalue weighted by molar-refractivity contribution is 6.32. The van der Waals surface area contributed by atoms with Crippen LogP contribution in [-0.2, 0) is 0 Å². The van der Waals surface area contributed by atoms with Gasteiger partial charge < -0.3 is 8.80 Å². The first kappa shape index (κ1) is 35.8. The highest BCUT2D eigenvalue weighted by atomic mass is 14.9. The van der Waals surface area contributed by atoms with Gasteiger partial charge in [0.2, 0.25) is 0 Å². The van der Waals surface area contributed by atoms with E-state index in [1.54, 1.807) is 0 Å². The molecule has 0 aliphatic carbocycles. The predicted octanol–water partition coefficient (Wildman–Crippen LogP) is 17.1. The van der Waals surface area contributed by atoms with Crippen molar-refractivity contribution in [3.8, 4) is 22.3 Å². The molecular weight excluding hydrogens is 749 g/mol. The van der Waals surface area contributed by atoms with Crippen molar-refractivity contribution in [2.75, 3.05) is 0 Å². The quantitative estimate of drug-likeness (QED) is 0.157. The summed E-state index contributed by atoms with van der Waals surface area (Å²) in [7, 11) is 0. The van der Waals surface area contributed by atoms with Crippen LogP contribution in [0.15, 0.2) is 133 Å². The molecule has 0 radical (unpaired) electrons. The summed E-state index contributed by atoms with van der Waals surface area (Å²) in [5.41, 5.74) is 20.9. The van der Waals surface area contributed by atoms with E-state index >= 15 is 0 Å². The van der Waals surface area contributed by atoms with Crippen LogP contribution >= 0.6 is 0 Å². The number of aryl methyl sites for hydroxylation is 4. The Labute approximate surface area is 361 Å². The van der Waals surface area contributed by atoms with E-state index in [9.17, 15) is 0 Å². The van der Waals surface area contributed by atoms with E-state index in [0.717, 1.165) is 0 Å². The number of aromatic nitrogens is 2. The van der Waals surface area contributed by atoms with Crippen molar-refractivity contribution in [2.24, 2.45) is 0 Å². The van der Waals surface area contributed by atoms with Gasteiger partial charge in [-0.1, -0.05) is 99.5 Å². The zero-order chi connectivity index (χ0) is 42.0. The molecule has 62 heavy (non-hydrogen) atoms. The van der Waals surface area contributed by atoms with Crippen LogP contribution in [0.5, 0.6) is 0 Å². The van der Waals surface area contributed by atoms with Gasteiger partial charge in [0.05, 0.1) is 33.1 Å². The molecule has 0 saturated carbocycles. The van der Waals surface area contributed by atoms with Crippen molar-refractivity contribution in [3.63, 3.8) is 0 Å². The van der Waals surface area contributed by atoms with Crippen LogP contribution < -0.4 is 0 Å². The third kappa shape index (κ3) is 4.60. The molecule has 0 amide bonds. The summed E-state index contributed by atoms with van der Waals surface area (Å²) in [5.74, 6) is 0.689. The first-order valence-corrected chi connectivity index (χ1v) is 22.5. The SMILES string of the molecule is Cc1ccc2c(c1)c1cc(C)cc3c4cc5c(-c6ccccc6C(C)C)c6cc7c(cc6c(-c6ccccc6C(C)C)c5cc4n2c13)c1cc(C)cc2c3cc(C)ccc3n7c21. The summed E-state index contributed by atoms with van der Waals surface area (Å²) in [6.45, 7) is 18.3. The third-order valence-electron chi connectivity index (χ3n) is 14.4. The Hall–Kier alpha value is -6.90. The predicted molar refractivity (Wildman–Crippen MR) is 269 cm³/mol. The summed E-state index contributed by atoms with van der Waals surface area (Å²) < 4.78 is 5.15. The summed E-state index contributed by atoms with van der Waals surface area (Å²) in [4.78, 5) is 0. The molecule has 2 heteroatoms. The molecule has 298 valence electrons. The van der Waals surface area contributed by atoms with Crippen LogP contribution in [0, 0.1) is 27.7 Å². The van der Waals surface area contributed by atoms with Crippen molar-refractivity contribution in [2.45, 2.75) is 67.2 Å². The van der Waals surface area contributed by atoms with Gasteiger partial charge in [-0.2, -0.15) is 0 Å². The number of hydrogen-bond acceptors (Lipinski definition) is 0. The Balaban J connectivity index is 1.33. The van der Waals surface area contributed by atoms with Gasteiger partial charge in [-0.3, -0.25) is 0 Å². The molecule has 2 nitrogen and oxygen atoms in total. The number of fused-ring (bicyclic) bond motifs is 14. The van der Waals surface area contributed by atoms with Crippen molar-refractivity contribution < 1.29 is 0 Å². The van der Waals surface area contributed by atoms with Gasteiger partial charge in [0.15, 0.2) is 0 Å². The minimum Gasteiger partial charge on any atom is -0.308 e. The molecule has 13 aromatic rings. The fourth-order valence-corrected chi connectivity index (χ4v) is 11.9. The number of nitrogens with zero attached hydrogens (tertiary/aromatic N) is 2. The third-order valence-corrected chi connectivity index (χ3v) is 14.4. The van der Waals surface area contributed by atoms with Gasteiger partial charge in [-0.15, -0.1) is 0 Å². The highest BCUT2D eigenvalue weighted by Gasteiger charge is 2.27. The minimum absolute atomic E-state index is 0.344. The Bertz CT molecular complexity index is 3810. The van der Waals surface area contributed by atoms with E-state index in [2.05, 4.69) is 198 Å². The van der Waals surface area contributed by atoms with Crippen molar-refractivity contribution in [1.29, 1.82) is 0 Å². The monoisotopic (exact) mass is 796 g/mol. The number of rotatable bonds is 4. The second kappa shape index (κ2) is 12.4. The van der Waals surface area contributed by atoms with E-state index in [1.807, 2.05) is 0 Å². The molecule has 0 aliphatic rings. The van der Waals surface area contributed by atoms with Gasteiger partial charge in [0.25, 0.3) is 0 Å². The average Bonchev–Trinajstić information content (AvgIpc) is 3.96. The van der Waals surface area contributed by atoms with Crippen LogP contribution in [0.4, 0.5) is 0 Å². The zero-order valence-corrected chi connectivity index (χ0v) is 36.8. The van der Waals surface area contributed by atoms with Crippen LogP contribution in [0.25, 0.3) is 120 Å². The van der Waals surface area contributed by atoms with Gasteiger partial charge >= 0.3 is 0 Å². The van der Waals surface area contributed by atoms with E-state index in [4.69, 9.17) is 0 Å². The standard InChI is InChI=1S/C60H48N2/c1-31(2)37-13-9-11-15-39(37)57-45-27-43-51-25-35(7)23-49-42-22-34(6)18-20-54(42)62(59(49)51)56(43)30-48(45)58(40-16-12-10-14-38(40)32(3)4)46-28-44-52-26-36(8)24-50-41-21-33(5)17-19-53(41)61(60(50)52)55(44)29-47(46)57/h9-32H,1-8H3.